The third-order valence-electron chi connectivity index (χ3n) is 5.37. The fourth-order valence-corrected chi connectivity index (χ4v) is 3.63. The Kier molecular flexibility index (Phi) is 8.31. The molecule has 0 bridgehead atoms. The molecule has 2 aromatic rings. The summed E-state index contributed by atoms with van der Waals surface area (Å²) in [6.45, 7) is 5.08. The quantitative estimate of drug-likeness (QED) is 0.781. The number of benzene rings is 1. The minimum absolute atomic E-state index is 0.0288. The van der Waals surface area contributed by atoms with Crippen LogP contribution in [0.2, 0.25) is 0 Å². The van der Waals surface area contributed by atoms with Crippen molar-refractivity contribution in [3.8, 4) is 0 Å². The fourth-order valence-electron chi connectivity index (χ4n) is 3.63. The van der Waals surface area contributed by atoms with E-state index in [2.05, 4.69) is 26.2 Å². The zero-order valence-corrected chi connectivity index (χ0v) is 17.6. The molecule has 1 unspecified atom stereocenters. The van der Waals surface area contributed by atoms with Crippen molar-refractivity contribution in [3.05, 3.63) is 41.7 Å². The molecule has 1 fully saturated rings. The average Bonchev–Trinajstić information content (AvgIpc) is 3.17. The maximum atomic E-state index is 12.8. The van der Waals surface area contributed by atoms with Gasteiger partial charge >= 0.3 is 0 Å². The van der Waals surface area contributed by atoms with Gasteiger partial charge in [0.1, 0.15) is 5.82 Å². The third kappa shape index (κ3) is 6.62. The van der Waals surface area contributed by atoms with Crippen LogP contribution in [0.3, 0.4) is 0 Å². The summed E-state index contributed by atoms with van der Waals surface area (Å²) in [5, 5.41) is 17.9. The molecule has 1 saturated heterocycles. The van der Waals surface area contributed by atoms with Crippen molar-refractivity contribution in [2.75, 3.05) is 26.2 Å². The van der Waals surface area contributed by atoms with E-state index < -0.39 is 0 Å². The van der Waals surface area contributed by atoms with Gasteiger partial charge in [-0.05, 0) is 48.7 Å². The first-order valence-electron chi connectivity index (χ1n) is 10.7. The molecule has 0 aliphatic carbocycles. The van der Waals surface area contributed by atoms with E-state index in [1.807, 2.05) is 42.2 Å². The van der Waals surface area contributed by atoms with E-state index in [-0.39, 0.29) is 17.9 Å². The van der Waals surface area contributed by atoms with Crippen LogP contribution in [-0.4, -0.2) is 63.1 Å². The number of amides is 2. The summed E-state index contributed by atoms with van der Waals surface area (Å²) < 4.78 is 1.65. The summed E-state index contributed by atoms with van der Waals surface area (Å²) in [5.41, 5.74) is 1.10. The molecule has 2 N–H and O–H groups in total. The number of carbonyl (C=O) groups is 2. The Balaban J connectivity index is 1.57. The lowest BCUT2D eigenvalue weighted by molar-refractivity contribution is -0.131. The number of aryl methyl sites for hydroxylation is 2. The number of tetrazole rings is 1. The molecule has 0 radical (unpaired) electrons. The predicted octanol–water partition coefficient (Wildman–Crippen LogP) is 1.22. The summed E-state index contributed by atoms with van der Waals surface area (Å²) in [7, 11) is 0. The number of rotatable bonds is 4. The Morgan fingerprint density at radius 1 is 1.13 bits per heavy atom. The van der Waals surface area contributed by atoms with Crippen LogP contribution in [0, 0.1) is 6.92 Å². The van der Waals surface area contributed by atoms with Gasteiger partial charge in [0.05, 0.1) is 6.54 Å². The van der Waals surface area contributed by atoms with E-state index >= 15 is 0 Å². The maximum absolute atomic E-state index is 12.8. The van der Waals surface area contributed by atoms with Gasteiger partial charge in [-0.25, -0.2) is 4.68 Å². The topological polar surface area (TPSA) is 105 Å². The molecule has 30 heavy (non-hydrogen) atoms. The number of hydrogen-bond donors (Lipinski definition) is 2. The van der Waals surface area contributed by atoms with Crippen molar-refractivity contribution in [2.24, 2.45) is 0 Å². The maximum Gasteiger partial charge on any atom is 0.224 e. The normalized spacial score (nSPS) is 19.3. The Labute approximate surface area is 177 Å². The van der Waals surface area contributed by atoms with E-state index in [1.54, 1.807) is 4.68 Å². The highest BCUT2D eigenvalue weighted by Gasteiger charge is 2.18. The van der Waals surface area contributed by atoms with Crippen molar-refractivity contribution >= 4 is 11.8 Å². The van der Waals surface area contributed by atoms with Gasteiger partial charge in [-0.15, -0.1) is 5.10 Å². The Morgan fingerprint density at radius 3 is 2.70 bits per heavy atom. The van der Waals surface area contributed by atoms with Crippen LogP contribution < -0.4 is 10.6 Å². The Hall–Kier alpha value is -2.81. The van der Waals surface area contributed by atoms with E-state index in [9.17, 15) is 9.59 Å². The average molecular weight is 414 g/mol. The van der Waals surface area contributed by atoms with Crippen molar-refractivity contribution < 1.29 is 9.59 Å². The van der Waals surface area contributed by atoms with Crippen molar-refractivity contribution in [3.63, 3.8) is 0 Å². The smallest absolute Gasteiger partial charge is 0.224 e. The van der Waals surface area contributed by atoms with Crippen LogP contribution >= 0.6 is 0 Å². The number of carbonyl (C=O) groups excluding carboxylic acids is 2. The lowest BCUT2D eigenvalue weighted by Crippen LogP contribution is -2.35. The summed E-state index contributed by atoms with van der Waals surface area (Å²) in [5.74, 6) is 0.878. The van der Waals surface area contributed by atoms with Crippen LogP contribution in [0.4, 0.5) is 0 Å². The van der Waals surface area contributed by atoms with Crippen molar-refractivity contribution in [1.29, 1.82) is 0 Å². The minimum Gasteiger partial charge on any atom is -0.356 e. The molecule has 9 heteroatoms. The molecule has 2 heterocycles. The molecule has 1 aliphatic heterocycles. The first-order chi connectivity index (χ1) is 14.6. The molecule has 1 atom stereocenters. The second-order valence-corrected chi connectivity index (χ2v) is 7.61. The molecule has 3 rings (SSSR count). The minimum atomic E-state index is -0.0288. The first-order valence-corrected chi connectivity index (χ1v) is 10.7. The molecular formula is C21H31N7O2. The van der Waals surface area contributed by atoms with Crippen LogP contribution in [-0.2, 0) is 16.1 Å². The molecule has 1 aliphatic rings. The van der Waals surface area contributed by atoms with Crippen LogP contribution in [0.25, 0.3) is 0 Å². The number of hydrogen-bond acceptors (Lipinski definition) is 6. The number of aromatic nitrogens is 4. The van der Waals surface area contributed by atoms with Crippen LogP contribution in [0.1, 0.15) is 49.5 Å². The molecule has 162 valence electrons. The lowest BCUT2D eigenvalue weighted by Gasteiger charge is -2.23. The zero-order valence-electron chi connectivity index (χ0n) is 17.6. The van der Waals surface area contributed by atoms with Gasteiger partial charge in [-0.1, -0.05) is 30.3 Å². The largest absolute Gasteiger partial charge is 0.356 e. The molecule has 1 aromatic carbocycles. The highest BCUT2D eigenvalue weighted by atomic mass is 16.2. The standard InChI is InChI=1S/C21H31N7O2/c1-17-24-25-26-28(17)15-10-21(30)27-13-6-5-11-23-20(29)16-19(22-12-7-14-27)18-8-3-2-4-9-18/h2-4,8-9,19,22H,5-7,10-16H2,1H3,(H,23,29). The third-order valence-corrected chi connectivity index (χ3v) is 5.37. The SMILES string of the molecule is Cc1nnnn1CCC(=O)N1CCCCNC(=O)CC(c2ccccc2)NCCC1. The molecular weight excluding hydrogens is 382 g/mol. The summed E-state index contributed by atoms with van der Waals surface area (Å²) in [6, 6.07) is 10.0. The van der Waals surface area contributed by atoms with Crippen LogP contribution in [0.15, 0.2) is 30.3 Å². The second kappa shape index (κ2) is 11.4. The molecule has 1 aromatic heterocycles. The Bertz CT molecular complexity index is 809. The number of nitrogens with zero attached hydrogens (tertiary/aromatic N) is 5. The second-order valence-electron chi connectivity index (χ2n) is 7.61. The number of nitrogens with one attached hydrogen (secondary N) is 2. The molecule has 2 amide bonds. The van der Waals surface area contributed by atoms with E-state index in [0.717, 1.165) is 31.4 Å². The summed E-state index contributed by atoms with van der Waals surface area (Å²) >= 11 is 0. The molecule has 9 nitrogen and oxygen atoms in total. The van der Waals surface area contributed by atoms with Gasteiger partial charge in [-0.2, -0.15) is 0 Å². The van der Waals surface area contributed by atoms with Gasteiger partial charge < -0.3 is 15.5 Å². The van der Waals surface area contributed by atoms with Gasteiger partial charge in [0, 0.05) is 38.5 Å². The van der Waals surface area contributed by atoms with E-state index in [0.29, 0.717) is 44.8 Å². The van der Waals surface area contributed by atoms with Crippen molar-refractivity contribution in [1.82, 2.24) is 35.7 Å². The molecule has 0 saturated carbocycles. The van der Waals surface area contributed by atoms with Crippen LogP contribution in [0.5, 0.6) is 0 Å². The monoisotopic (exact) mass is 413 g/mol. The van der Waals surface area contributed by atoms with Gasteiger partial charge in [0.2, 0.25) is 11.8 Å². The van der Waals surface area contributed by atoms with Gasteiger partial charge in [0.25, 0.3) is 0 Å². The van der Waals surface area contributed by atoms with Gasteiger partial charge in [-0.3, -0.25) is 9.59 Å². The fraction of sp³-hybridized carbons (Fsp3) is 0.571. The van der Waals surface area contributed by atoms with E-state index in [1.165, 1.54) is 0 Å². The summed E-state index contributed by atoms with van der Waals surface area (Å²) in [6.07, 6.45) is 3.35. The summed E-state index contributed by atoms with van der Waals surface area (Å²) in [4.78, 5) is 27.0. The highest BCUT2D eigenvalue weighted by Crippen LogP contribution is 2.17. The van der Waals surface area contributed by atoms with Crippen molar-refractivity contribution in [2.45, 2.75) is 51.6 Å². The molecule has 0 spiro atoms. The Morgan fingerprint density at radius 2 is 1.93 bits per heavy atom. The lowest BCUT2D eigenvalue weighted by atomic mass is 10.0. The predicted molar refractivity (Wildman–Crippen MR) is 112 cm³/mol. The zero-order chi connectivity index (χ0) is 21.2. The first kappa shape index (κ1) is 21.9. The van der Waals surface area contributed by atoms with Gasteiger partial charge in [0.15, 0.2) is 0 Å². The van der Waals surface area contributed by atoms with E-state index in [4.69, 9.17) is 0 Å². The highest BCUT2D eigenvalue weighted by molar-refractivity contribution is 5.77.